The molecule has 0 spiro atoms. The minimum Gasteiger partial charge on any atom is -0.464 e. The summed E-state index contributed by atoms with van der Waals surface area (Å²) in [5, 5.41) is 11.4. The summed E-state index contributed by atoms with van der Waals surface area (Å²) in [5.74, 6) is 0.272. The summed E-state index contributed by atoms with van der Waals surface area (Å²) in [7, 11) is 1.31. The van der Waals surface area contributed by atoms with Gasteiger partial charge in [0.15, 0.2) is 0 Å². The Hall–Kier alpha value is -3.42. The number of nitrogens with zero attached hydrogens (tertiary/aromatic N) is 2. The Morgan fingerprint density at radius 3 is 2.74 bits per heavy atom. The highest BCUT2D eigenvalue weighted by Gasteiger charge is 2.11. The van der Waals surface area contributed by atoms with Crippen molar-refractivity contribution in [3.8, 4) is 11.6 Å². The smallest absolute Gasteiger partial charge is 0.354 e. The van der Waals surface area contributed by atoms with E-state index in [0.717, 1.165) is 17.1 Å². The molecular formula is C15H11N3O5. The number of H-pyrrole nitrogens is 1. The van der Waals surface area contributed by atoms with Crippen LogP contribution in [0.25, 0.3) is 10.9 Å². The molecular weight excluding hydrogens is 302 g/mol. The lowest BCUT2D eigenvalue weighted by molar-refractivity contribution is -0.385. The van der Waals surface area contributed by atoms with Crippen LogP contribution in [0.5, 0.6) is 11.6 Å². The zero-order chi connectivity index (χ0) is 16.4. The third-order valence-electron chi connectivity index (χ3n) is 3.15. The summed E-state index contributed by atoms with van der Waals surface area (Å²) >= 11 is 0. The van der Waals surface area contributed by atoms with Gasteiger partial charge in [-0.1, -0.05) is 0 Å². The predicted octanol–water partition coefficient (Wildman–Crippen LogP) is 3.05. The molecule has 0 fully saturated rings. The van der Waals surface area contributed by atoms with E-state index in [1.54, 1.807) is 24.3 Å². The van der Waals surface area contributed by atoms with Gasteiger partial charge in [-0.15, -0.1) is 0 Å². The Morgan fingerprint density at radius 1 is 1.26 bits per heavy atom. The van der Waals surface area contributed by atoms with E-state index >= 15 is 0 Å². The van der Waals surface area contributed by atoms with Crippen LogP contribution in [0, 0.1) is 10.1 Å². The number of rotatable bonds is 4. The van der Waals surface area contributed by atoms with Crippen LogP contribution in [0.3, 0.4) is 0 Å². The van der Waals surface area contributed by atoms with Crippen molar-refractivity contribution < 1.29 is 19.2 Å². The average Bonchev–Trinajstić information content (AvgIpc) is 2.98. The van der Waals surface area contributed by atoms with E-state index in [0.29, 0.717) is 11.4 Å². The summed E-state index contributed by atoms with van der Waals surface area (Å²) in [6, 6.07) is 9.55. The number of methoxy groups -OCH3 is 1. The van der Waals surface area contributed by atoms with Gasteiger partial charge in [-0.3, -0.25) is 10.1 Å². The Kier molecular flexibility index (Phi) is 3.63. The van der Waals surface area contributed by atoms with E-state index in [-0.39, 0.29) is 11.6 Å². The summed E-state index contributed by atoms with van der Waals surface area (Å²) in [5.41, 5.74) is 0.990. The molecule has 0 aliphatic carbocycles. The third kappa shape index (κ3) is 2.95. The van der Waals surface area contributed by atoms with E-state index in [4.69, 9.17) is 4.74 Å². The van der Waals surface area contributed by atoms with Crippen molar-refractivity contribution in [3.05, 3.63) is 58.4 Å². The normalized spacial score (nSPS) is 10.5. The van der Waals surface area contributed by atoms with Crippen molar-refractivity contribution in [2.24, 2.45) is 0 Å². The number of aromatic nitrogens is 2. The maximum atomic E-state index is 11.5. The molecule has 0 saturated carbocycles. The first-order valence-corrected chi connectivity index (χ1v) is 6.56. The van der Waals surface area contributed by atoms with Crippen molar-refractivity contribution in [2.45, 2.75) is 0 Å². The SMILES string of the molecule is COC(=O)c1cc2cc(Oc3ccc([N+](=O)[O-])cn3)ccc2[nH]1. The first-order valence-electron chi connectivity index (χ1n) is 6.56. The van der Waals surface area contributed by atoms with Gasteiger partial charge in [0.05, 0.1) is 12.0 Å². The Bertz CT molecular complexity index is 886. The lowest BCUT2D eigenvalue weighted by atomic mass is 10.2. The van der Waals surface area contributed by atoms with Crippen molar-refractivity contribution in [2.75, 3.05) is 7.11 Å². The summed E-state index contributed by atoms with van der Waals surface area (Å²) in [4.78, 5) is 28.4. The first-order chi connectivity index (χ1) is 11.1. The second kappa shape index (κ2) is 5.76. The number of esters is 1. The number of benzene rings is 1. The fourth-order valence-corrected chi connectivity index (χ4v) is 2.06. The van der Waals surface area contributed by atoms with Crippen molar-refractivity contribution in [1.29, 1.82) is 0 Å². The number of hydrogen-bond donors (Lipinski definition) is 1. The molecule has 0 aliphatic heterocycles. The lowest BCUT2D eigenvalue weighted by Gasteiger charge is -2.04. The van der Waals surface area contributed by atoms with Crippen LogP contribution in [0.4, 0.5) is 5.69 Å². The summed E-state index contributed by atoms with van der Waals surface area (Å²) in [6.45, 7) is 0. The van der Waals surface area contributed by atoms with Gasteiger partial charge in [-0.05, 0) is 24.3 Å². The molecule has 1 aromatic carbocycles. The molecule has 0 atom stereocenters. The van der Waals surface area contributed by atoms with Crippen LogP contribution in [0.2, 0.25) is 0 Å². The van der Waals surface area contributed by atoms with Crippen LogP contribution < -0.4 is 4.74 Å². The second-order valence-electron chi connectivity index (χ2n) is 4.64. The molecule has 3 rings (SSSR count). The molecule has 0 unspecified atom stereocenters. The topological polar surface area (TPSA) is 107 Å². The predicted molar refractivity (Wildman–Crippen MR) is 80.6 cm³/mol. The fourth-order valence-electron chi connectivity index (χ4n) is 2.06. The van der Waals surface area contributed by atoms with Gasteiger partial charge >= 0.3 is 5.97 Å². The minimum absolute atomic E-state index is 0.110. The number of nitro groups is 1. The van der Waals surface area contributed by atoms with Crippen molar-refractivity contribution in [1.82, 2.24) is 9.97 Å². The molecule has 0 radical (unpaired) electrons. The third-order valence-corrected chi connectivity index (χ3v) is 3.15. The zero-order valence-corrected chi connectivity index (χ0v) is 12.0. The standard InChI is InChI=1S/C15H11N3O5/c1-22-15(19)13-7-9-6-11(3-4-12(9)17-13)23-14-5-2-10(8-16-14)18(20)21/h2-8,17H,1H3. The van der Waals surface area contributed by atoms with Crippen molar-refractivity contribution in [3.63, 3.8) is 0 Å². The molecule has 3 aromatic rings. The molecule has 0 amide bonds. The number of ether oxygens (including phenoxy) is 2. The molecule has 0 aliphatic rings. The van der Waals surface area contributed by atoms with E-state index < -0.39 is 10.9 Å². The molecule has 0 saturated heterocycles. The van der Waals surface area contributed by atoms with E-state index in [2.05, 4.69) is 14.7 Å². The lowest BCUT2D eigenvalue weighted by Crippen LogP contribution is -2.00. The van der Waals surface area contributed by atoms with Crippen molar-refractivity contribution >= 4 is 22.6 Å². The molecule has 2 heterocycles. The van der Waals surface area contributed by atoms with E-state index in [1.165, 1.54) is 19.2 Å². The monoisotopic (exact) mass is 313 g/mol. The number of aromatic amines is 1. The van der Waals surface area contributed by atoms with Gasteiger partial charge in [-0.2, -0.15) is 0 Å². The van der Waals surface area contributed by atoms with Gasteiger partial charge in [0.25, 0.3) is 5.69 Å². The Balaban J connectivity index is 1.85. The highest BCUT2D eigenvalue weighted by molar-refractivity contribution is 5.95. The number of fused-ring (bicyclic) bond motifs is 1. The fraction of sp³-hybridized carbons (Fsp3) is 0.0667. The average molecular weight is 313 g/mol. The zero-order valence-electron chi connectivity index (χ0n) is 12.0. The second-order valence-corrected chi connectivity index (χ2v) is 4.64. The molecule has 8 heteroatoms. The van der Waals surface area contributed by atoms with Crippen LogP contribution in [-0.4, -0.2) is 28.0 Å². The van der Waals surface area contributed by atoms with Crippen LogP contribution in [-0.2, 0) is 4.74 Å². The highest BCUT2D eigenvalue weighted by atomic mass is 16.6. The Labute approximate surface area is 129 Å². The molecule has 2 aromatic heterocycles. The van der Waals surface area contributed by atoms with Gasteiger partial charge in [-0.25, -0.2) is 9.78 Å². The molecule has 23 heavy (non-hydrogen) atoms. The van der Waals surface area contributed by atoms with Gasteiger partial charge in [0.1, 0.15) is 17.6 Å². The van der Waals surface area contributed by atoms with Crippen LogP contribution >= 0.6 is 0 Å². The molecule has 1 N–H and O–H groups in total. The number of carbonyl (C=O) groups excluding carboxylic acids is 1. The minimum atomic E-state index is -0.531. The first kappa shape index (κ1) is 14.5. The van der Waals surface area contributed by atoms with Crippen LogP contribution in [0.1, 0.15) is 10.5 Å². The van der Waals surface area contributed by atoms with Gasteiger partial charge in [0, 0.05) is 23.0 Å². The Morgan fingerprint density at radius 2 is 2.09 bits per heavy atom. The largest absolute Gasteiger partial charge is 0.464 e. The molecule has 116 valence electrons. The maximum Gasteiger partial charge on any atom is 0.354 e. The number of nitrogens with one attached hydrogen (secondary N) is 1. The summed E-state index contributed by atoms with van der Waals surface area (Å²) in [6.07, 6.45) is 1.12. The number of carbonyl (C=O) groups is 1. The number of pyridine rings is 1. The van der Waals surface area contributed by atoms with Gasteiger partial charge in [0.2, 0.25) is 5.88 Å². The van der Waals surface area contributed by atoms with E-state index in [1.807, 2.05) is 0 Å². The molecule has 8 nitrogen and oxygen atoms in total. The maximum absolute atomic E-state index is 11.5. The molecule has 0 bridgehead atoms. The highest BCUT2D eigenvalue weighted by Crippen LogP contribution is 2.26. The van der Waals surface area contributed by atoms with E-state index in [9.17, 15) is 14.9 Å². The van der Waals surface area contributed by atoms with Gasteiger partial charge < -0.3 is 14.5 Å². The number of hydrogen-bond acceptors (Lipinski definition) is 6. The quantitative estimate of drug-likeness (QED) is 0.450. The summed E-state index contributed by atoms with van der Waals surface area (Å²) < 4.78 is 10.2. The van der Waals surface area contributed by atoms with Crippen LogP contribution in [0.15, 0.2) is 42.6 Å².